The van der Waals surface area contributed by atoms with Crippen molar-refractivity contribution in [3.8, 4) is 0 Å². The summed E-state index contributed by atoms with van der Waals surface area (Å²) >= 11 is 0. The van der Waals surface area contributed by atoms with Crippen molar-refractivity contribution < 1.29 is 30.8 Å². The normalized spacial score (nSPS) is 20.6. The number of carbonyl (C=O) groups excluding carboxylic acids is 1. The van der Waals surface area contributed by atoms with E-state index in [1.54, 1.807) is 4.90 Å². The molecule has 0 spiro atoms. The molecule has 1 amide bonds. The first kappa shape index (κ1) is 24.6. The maximum Gasteiger partial charge on any atom is 0.416 e. The highest BCUT2D eigenvalue weighted by Gasteiger charge is 2.42. The summed E-state index contributed by atoms with van der Waals surface area (Å²) < 4.78 is 79.5. The van der Waals surface area contributed by atoms with E-state index in [9.17, 15) is 30.8 Å². The zero-order valence-corrected chi connectivity index (χ0v) is 19.2. The van der Waals surface area contributed by atoms with Gasteiger partial charge in [0.15, 0.2) is 0 Å². The van der Waals surface area contributed by atoms with Crippen LogP contribution < -0.4 is 0 Å². The van der Waals surface area contributed by atoms with Crippen LogP contribution in [-0.2, 0) is 27.5 Å². The molecule has 2 aromatic rings. The zero-order valence-electron chi connectivity index (χ0n) is 18.3. The lowest BCUT2D eigenvalue weighted by molar-refractivity contribution is -0.137. The number of amides is 1. The summed E-state index contributed by atoms with van der Waals surface area (Å²) in [6.45, 7) is 2.39. The highest BCUT2D eigenvalue weighted by molar-refractivity contribution is 7.89. The Labute approximate surface area is 195 Å². The summed E-state index contributed by atoms with van der Waals surface area (Å²) in [6, 6.07) is 9.27. The Kier molecular flexibility index (Phi) is 6.97. The Balaban J connectivity index is 1.37. The van der Waals surface area contributed by atoms with Gasteiger partial charge in [-0.1, -0.05) is 24.3 Å². The standard InChI is InChI=1S/C23H25F4N3O3S/c24-19-4-1-2-6-21(19)34(32,33)30-11-3-5-20(30)22(31)29-14-12-28(13-15-29)16-17-7-9-18(10-8-17)23(25,26)27/h1-2,4,6-10,20H,3,5,11-16H2. The van der Waals surface area contributed by atoms with Crippen LogP contribution >= 0.6 is 0 Å². The maximum atomic E-state index is 14.2. The Morgan fingerprint density at radius 2 is 1.59 bits per heavy atom. The van der Waals surface area contributed by atoms with Crippen molar-refractivity contribution in [2.45, 2.75) is 36.5 Å². The van der Waals surface area contributed by atoms with Gasteiger partial charge in [0.25, 0.3) is 0 Å². The smallest absolute Gasteiger partial charge is 0.339 e. The monoisotopic (exact) mass is 499 g/mol. The molecule has 1 atom stereocenters. The van der Waals surface area contributed by atoms with Crippen LogP contribution in [0.3, 0.4) is 0 Å². The first-order chi connectivity index (χ1) is 16.1. The Hall–Kier alpha value is -2.50. The van der Waals surface area contributed by atoms with Crippen LogP contribution in [0.1, 0.15) is 24.0 Å². The molecule has 11 heteroatoms. The molecule has 2 heterocycles. The number of sulfonamides is 1. The molecular weight excluding hydrogens is 474 g/mol. The fraction of sp³-hybridized carbons (Fsp3) is 0.435. The number of hydrogen-bond donors (Lipinski definition) is 0. The number of halogens is 4. The number of hydrogen-bond acceptors (Lipinski definition) is 4. The molecule has 0 bridgehead atoms. The minimum absolute atomic E-state index is 0.154. The third-order valence-corrected chi connectivity index (χ3v) is 8.22. The minimum Gasteiger partial charge on any atom is -0.339 e. The van der Waals surface area contributed by atoms with E-state index in [1.807, 2.05) is 4.90 Å². The van der Waals surface area contributed by atoms with Crippen LogP contribution in [-0.4, -0.2) is 67.2 Å². The first-order valence-corrected chi connectivity index (χ1v) is 12.4. The van der Waals surface area contributed by atoms with Gasteiger partial charge in [-0.3, -0.25) is 9.69 Å². The molecule has 0 aliphatic carbocycles. The average Bonchev–Trinajstić information content (AvgIpc) is 3.30. The van der Waals surface area contributed by atoms with Crippen molar-refractivity contribution in [2.75, 3.05) is 32.7 Å². The second kappa shape index (κ2) is 9.63. The van der Waals surface area contributed by atoms with Crippen molar-refractivity contribution in [1.29, 1.82) is 0 Å². The molecule has 34 heavy (non-hydrogen) atoms. The van der Waals surface area contributed by atoms with E-state index >= 15 is 0 Å². The van der Waals surface area contributed by atoms with E-state index < -0.39 is 38.5 Å². The van der Waals surface area contributed by atoms with Gasteiger partial charge >= 0.3 is 6.18 Å². The van der Waals surface area contributed by atoms with E-state index in [0.717, 1.165) is 28.1 Å². The molecule has 6 nitrogen and oxygen atoms in total. The second-order valence-electron chi connectivity index (χ2n) is 8.50. The average molecular weight is 500 g/mol. The molecule has 0 saturated carbocycles. The lowest BCUT2D eigenvalue weighted by Gasteiger charge is -2.37. The van der Waals surface area contributed by atoms with E-state index in [4.69, 9.17) is 0 Å². The fourth-order valence-electron chi connectivity index (χ4n) is 4.45. The molecule has 2 aliphatic heterocycles. The van der Waals surface area contributed by atoms with Crippen molar-refractivity contribution in [3.05, 3.63) is 65.5 Å². The van der Waals surface area contributed by atoms with Crippen LogP contribution in [0.15, 0.2) is 53.4 Å². The van der Waals surface area contributed by atoms with Gasteiger partial charge in [-0.05, 0) is 42.7 Å². The summed E-state index contributed by atoms with van der Waals surface area (Å²) in [7, 11) is -4.15. The highest BCUT2D eigenvalue weighted by Crippen LogP contribution is 2.30. The number of piperazine rings is 1. The van der Waals surface area contributed by atoms with Crippen LogP contribution in [0.4, 0.5) is 17.6 Å². The van der Waals surface area contributed by atoms with E-state index in [2.05, 4.69) is 0 Å². The molecule has 4 rings (SSSR count). The molecule has 2 aromatic carbocycles. The fourth-order valence-corrected chi connectivity index (χ4v) is 6.17. The van der Waals surface area contributed by atoms with Gasteiger partial charge in [-0.2, -0.15) is 17.5 Å². The number of benzene rings is 2. The summed E-state index contributed by atoms with van der Waals surface area (Å²) in [5, 5.41) is 0. The third kappa shape index (κ3) is 5.11. The van der Waals surface area contributed by atoms with Crippen molar-refractivity contribution in [1.82, 2.24) is 14.1 Å². The summed E-state index contributed by atoms with van der Waals surface area (Å²) in [5.74, 6) is -1.15. The van der Waals surface area contributed by atoms with Gasteiger partial charge in [0, 0.05) is 39.3 Å². The predicted octanol–water partition coefficient (Wildman–Crippen LogP) is 3.34. The van der Waals surface area contributed by atoms with Crippen molar-refractivity contribution in [3.63, 3.8) is 0 Å². The lowest BCUT2D eigenvalue weighted by atomic mass is 10.1. The first-order valence-electron chi connectivity index (χ1n) is 11.0. The third-order valence-electron chi connectivity index (χ3n) is 6.28. The molecule has 0 N–H and O–H groups in total. The highest BCUT2D eigenvalue weighted by atomic mass is 32.2. The van der Waals surface area contributed by atoms with Crippen LogP contribution in [0.2, 0.25) is 0 Å². The maximum absolute atomic E-state index is 14.2. The molecule has 2 fully saturated rings. The van der Waals surface area contributed by atoms with Gasteiger partial charge in [-0.15, -0.1) is 0 Å². The zero-order chi connectivity index (χ0) is 24.5. The van der Waals surface area contributed by atoms with Gasteiger partial charge in [0.05, 0.1) is 5.56 Å². The van der Waals surface area contributed by atoms with Crippen molar-refractivity contribution in [2.24, 2.45) is 0 Å². The number of alkyl halides is 3. The van der Waals surface area contributed by atoms with Crippen LogP contribution in [0.25, 0.3) is 0 Å². The lowest BCUT2D eigenvalue weighted by Crippen LogP contribution is -2.54. The largest absolute Gasteiger partial charge is 0.416 e. The van der Waals surface area contributed by atoms with Crippen LogP contribution in [0, 0.1) is 5.82 Å². The van der Waals surface area contributed by atoms with Gasteiger partial charge in [-0.25, -0.2) is 12.8 Å². The van der Waals surface area contributed by atoms with E-state index in [0.29, 0.717) is 45.6 Å². The van der Waals surface area contributed by atoms with Gasteiger partial charge < -0.3 is 4.90 Å². The summed E-state index contributed by atoms with van der Waals surface area (Å²) in [5.41, 5.74) is 0.0452. The molecule has 1 unspecified atom stereocenters. The molecule has 0 radical (unpaired) electrons. The molecule has 2 aliphatic rings. The number of rotatable bonds is 5. The van der Waals surface area contributed by atoms with E-state index in [-0.39, 0.29) is 12.5 Å². The summed E-state index contributed by atoms with van der Waals surface area (Å²) in [4.78, 5) is 16.4. The molecular formula is C23H25F4N3O3S. The molecule has 0 aromatic heterocycles. The predicted molar refractivity (Wildman–Crippen MR) is 117 cm³/mol. The number of carbonyl (C=O) groups is 1. The van der Waals surface area contributed by atoms with E-state index in [1.165, 1.54) is 30.3 Å². The Bertz CT molecular complexity index is 1130. The van der Waals surface area contributed by atoms with Gasteiger partial charge in [0.1, 0.15) is 16.8 Å². The van der Waals surface area contributed by atoms with Crippen LogP contribution in [0.5, 0.6) is 0 Å². The molecule has 184 valence electrons. The topological polar surface area (TPSA) is 60.9 Å². The Morgan fingerprint density at radius 1 is 0.941 bits per heavy atom. The van der Waals surface area contributed by atoms with Gasteiger partial charge in [0.2, 0.25) is 15.9 Å². The number of nitrogens with zero attached hydrogens (tertiary/aromatic N) is 3. The quantitative estimate of drug-likeness (QED) is 0.593. The van der Waals surface area contributed by atoms with Crippen molar-refractivity contribution >= 4 is 15.9 Å². The SMILES string of the molecule is O=C(C1CCCN1S(=O)(=O)c1ccccc1F)N1CCN(Cc2ccc(C(F)(F)F)cc2)CC1. The molecule has 2 saturated heterocycles. The summed E-state index contributed by atoms with van der Waals surface area (Å²) in [6.07, 6.45) is -3.49. The second-order valence-corrected chi connectivity index (χ2v) is 10.4. The Morgan fingerprint density at radius 3 is 2.21 bits per heavy atom. The minimum atomic E-state index is -4.38.